The molecule has 24 heavy (non-hydrogen) atoms. The molecular formula is C16H24N6O2. The number of aromatic nitrogens is 3. The zero-order valence-electron chi connectivity index (χ0n) is 14.3. The number of hydrogen-bond donors (Lipinski definition) is 2. The molecule has 3 N–H and O–H groups in total. The van der Waals surface area contributed by atoms with Crippen LogP contribution in [0.5, 0.6) is 0 Å². The average molecular weight is 332 g/mol. The van der Waals surface area contributed by atoms with Crippen molar-refractivity contribution in [2.75, 3.05) is 56.5 Å². The van der Waals surface area contributed by atoms with E-state index in [4.69, 9.17) is 15.2 Å². The number of nitrogens with two attached hydrogens (primary N) is 1. The van der Waals surface area contributed by atoms with Crippen LogP contribution in [-0.2, 0) is 9.47 Å². The van der Waals surface area contributed by atoms with Gasteiger partial charge in [0.25, 0.3) is 0 Å². The molecule has 0 atom stereocenters. The van der Waals surface area contributed by atoms with Gasteiger partial charge in [-0.1, -0.05) is 6.07 Å². The third-order valence-corrected chi connectivity index (χ3v) is 3.45. The van der Waals surface area contributed by atoms with Crippen molar-refractivity contribution in [3.05, 3.63) is 30.2 Å². The minimum Gasteiger partial charge on any atom is -0.393 e. The van der Waals surface area contributed by atoms with Gasteiger partial charge in [-0.3, -0.25) is 0 Å². The molecule has 0 aromatic carbocycles. The highest BCUT2D eigenvalue weighted by molar-refractivity contribution is 5.77. The number of methoxy groups -OCH3 is 2. The number of rotatable bonds is 9. The Morgan fingerprint density at radius 2 is 1.79 bits per heavy atom. The fourth-order valence-electron chi connectivity index (χ4n) is 2.13. The second-order valence-corrected chi connectivity index (χ2v) is 5.28. The van der Waals surface area contributed by atoms with Crippen LogP contribution in [-0.4, -0.2) is 55.5 Å². The van der Waals surface area contributed by atoms with Crippen molar-refractivity contribution in [2.45, 2.75) is 6.92 Å². The van der Waals surface area contributed by atoms with E-state index in [1.165, 1.54) is 6.33 Å². The number of nitrogens with zero attached hydrogens (tertiary/aromatic N) is 4. The van der Waals surface area contributed by atoms with Crippen molar-refractivity contribution in [3.63, 3.8) is 0 Å². The monoisotopic (exact) mass is 332 g/mol. The van der Waals surface area contributed by atoms with Gasteiger partial charge in [-0.2, -0.15) is 0 Å². The van der Waals surface area contributed by atoms with Crippen molar-refractivity contribution >= 4 is 23.1 Å². The smallest absolute Gasteiger partial charge is 0.160 e. The lowest BCUT2D eigenvalue weighted by Crippen LogP contribution is -2.32. The Hall–Kier alpha value is -2.45. The fourth-order valence-corrected chi connectivity index (χ4v) is 2.13. The molecule has 0 unspecified atom stereocenters. The molecule has 0 saturated heterocycles. The molecule has 2 aromatic heterocycles. The molecule has 130 valence electrons. The Morgan fingerprint density at radius 1 is 1.08 bits per heavy atom. The van der Waals surface area contributed by atoms with E-state index in [0.717, 1.165) is 5.56 Å². The molecule has 0 radical (unpaired) electrons. The summed E-state index contributed by atoms with van der Waals surface area (Å²) < 4.78 is 10.3. The van der Waals surface area contributed by atoms with E-state index in [0.29, 0.717) is 49.4 Å². The largest absolute Gasteiger partial charge is 0.393 e. The number of ether oxygens (including phenoxy) is 2. The number of pyridine rings is 1. The molecule has 0 bridgehead atoms. The van der Waals surface area contributed by atoms with Gasteiger partial charge in [0.2, 0.25) is 0 Å². The SMILES string of the molecule is COCCN(CCOC)c1ncnc(Nc2ccc(C)cn2)c1N. The van der Waals surface area contributed by atoms with Gasteiger partial charge in [-0.05, 0) is 18.6 Å². The first-order valence-corrected chi connectivity index (χ1v) is 7.68. The lowest BCUT2D eigenvalue weighted by Gasteiger charge is -2.24. The van der Waals surface area contributed by atoms with Crippen LogP contribution in [0, 0.1) is 6.92 Å². The van der Waals surface area contributed by atoms with Crippen molar-refractivity contribution in [1.82, 2.24) is 15.0 Å². The summed E-state index contributed by atoms with van der Waals surface area (Å²) >= 11 is 0. The molecule has 2 aromatic rings. The Morgan fingerprint density at radius 3 is 2.38 bits per heavy atom. The summed E-state index contributed by atoms with van der Waals surface area (Å²) in [5.41, 5.74) is 7.82. The third kappa shape index (κ3) is 4.77. The van der Waals surface area contributed by atoms with E-state index < -0.39 is 0 Å². The van der Waals surface area contributed by atoms with Crippen LogP contribution in [0.1, 0.15) is 5.56 Å². The van der Waals surface area contributed by atoms with Crippen molar-refractivity contribution in [1.29, 1.82) is 0 Å². The van der Waals surface area contributed by atoms with E-state index >= 15 is 0 Å². The summed E-state index contributed by atoms with van der Waals surface area (Å²) in [6.07, 6.45) is 3.26. The molecule has 0 spiro atoms. The van der Waals surface area contributed by atoms with Gasteiger partial charge >= 0.3 is 0 Å². The van der Waals surface area contributed by atoms with Crippen LogP contribution in [0.15, 0.2) is 24.7 Å². The van der Waals surface area contributed by atoms with E-state index in [9.17, 15) is 0 Å². The quantitative estimate of drug-likeness (QED) is 0.714. The molecule has 0 saturated carbocycles. The van der Waals surface area contributed by atoms with E-state index in [2.05, 4.69) is 20.3 Å². The van der Waals surface area contributed by atoms with Gasteiger partial charge in [0.05, 0.1) is 13.2 Å². The number of hydrogen-bond acceptors (Lipinski definition) is 8. The van der Waals surface area contributed by atoms with Crippen LogP contribution < -0.4 is 16.0 Å². The Balaban J connectivity index is 2.22. The van der Waals surface area contributed by atoms with Gasteiger partial charge in [-0.25, -0.2) is 15.0 Å². The highest BCUT2D eigenvalue weighted by Crippen LogP contribution is 2.27. The lowest BCUT2D eigenvalue weighted by atomic mass is 10.3. The molecule has 2 rings (SSSR count). The zero-order valence-corrected chi connectivity index (χ0v) is 14.3. The number of aryl methyl sites for hydroxylation is 1. The third-order valence-electron chi connectivity index (χ3n) is 3.45. The standard InChI is InChI=1S/C16H24N6O2/c1-12-4-5-13(18-10-12)21-15-14(17)16(20-11-19-15)22(6-8-23-2)7-9-24-3/h4-5,10-11H,6-9,17H2,1-3H3,(H,18,19,20,21). The summed E-state index contributed by atoms with van der Waals surface area (Å²) in [5.74, 6) is 1.85. The number of nitrogens with one attached hydrogen (secondary N) is 1. The normalized spacial score (nSPS) is 10.6. The predicted molar refractivity (Wildman–Crippen MR) is 94.7 cm³/mol. The Bertz CT molecular complexity index is 627. The molecule has 8 nitrogen and oxygen atoms in total. The van der Waals surface area contributed by atoms with Gasteiger partial charge in [-0.15, -0.1) is 0 Å². The van der Waals surface area contributed by atoms with Crippen LogP contribution in [0.2, 0.25) is 0 Å². The van der Waals surface area contributed by atoms with Crippen LogP contribution in [0.25, 0.3) is 0 Å². The maximum Gasteiger partial charge on any atom is 0.160 e. The second kappa shape index (κ2) is 8.99. The molecule has 2 heterocycles. The van der Waals surface area contributed by atoms with E-state index in [-0.39, 0.29) is 0 Å². The number of anilines is 4. The minimum absolute atomic E-state index is 0.465. The first-order chi connectivity index (χ1) is 11.7. The molecule has 0 aliphatic rings. The second-order valence-electron chi connectivity index (χ2n) is 5.28. The van der Waals surface area contributed by atoms with Crippen LogP contribution in [0.3, 0.4) is 0 Å². The summed E-state index contributed by atoms with van der Waals surface area (Å²) in [7, 11) is 3.32. The fraction of sp³-hybridized carbons (Fsp3) is 0.438. The van der Waals surface area contributed by atoms with Crippen LogP contribution in [0.4, 0.5) is 23.1 Å². The topological polar surface area (TPSA) is 98.4 Å². The summed E-state index contributed by atoms with van der Waals surface area (Å²) in [6.45, 7) is 4.43. The maximum atomic E-state index is 6.27. The molecule has 0 fully saturated rings. The predicted octanol–water partition coefficient (Wildman–Crippen LogP) is 1.61. The van der Waals surface area contributed by atoms with Crippen molar-refractivity contribution in [2.24, 2.45) is 0 Å². The lowest BCUT2D eigenvalue weighted by molar-refractivity contribution is 0.190. The molecule has 0 aliphatic carbocycles. The Kier molecular flexibility index (Phi) is 6.71. The van der Waals surface area contributed by atoms with Gasteiger partial charge < -0.3 is 25.4 Å². The van der Waals surface area contributed by atoms with Gasteiger partial charge in [0.1, 0.15) is 17.8 Å². The van der Waals surface area contributed by atoms with Crippen molar-refractivity contribution < 1.29 is 9.47 Å². The minimum atomic E-state index is 0.465. The summed E-state index contributed by atoms with van der Waals surface area (Å²) in [5, 5.41) is 3.13. The number of nitrogen functional groups attached to an aromatic ring is 1. The average Bonchev–Trinajstić information content (AvgIpc) is 2.59. The maximum absolute atomic E-state index is 6.27. The van der Waals surface area contributed by atoms with Crippen LogP contribution >= 0.6 is 0 Å². The Labute approximate surface area is 142 Å². The first kappa shape index (κ1) is 17.9. The first-order valence-electron chi connectivity index (χ1n) is 7.68. The summed E-state index contributed by atoms with van der Waals surface area (Å²) in [6, 6.07) is 3.85. The zero-order chi connectivity index (χ0) is 17.4. The van der Waals surface area contributed by atoms with E-state index in [1.807, 2.05) is 24.0 Å². The van der Waals surface area contributed by atoms with Crippen molar-refractivity contribution in [3.8, 4) is 0 Å². The molecule has 0 aliphatic heterocycles. The molecule has 0 amide bonds. The highest BCUT2D eigenvalue weighted by Gasteiger charge is 2.15. The van der Waals surface area contributed by atoms with Gasteiger partial charge in [0, 0.05) is 33.5 Å². The van der Waals surface area contributed by atoms with E-state index in [1.54, 1.807) is 20.4 Å². The molecular weight excluding hydrogens is 308 g/mol. The highest BCUT2D eigenvalue weighted by atomic mass is 16.5. The van der Waals surface area contributed by atoms with Gasteiger partial charge in [0.15, 0.2) is 11.6 Å². The summed E-state index contributed by atoms with van der Waals surface area (Å²) in [4.78, 5) is 14.9. The molecule has 8 heteroatoms.